The number of hydrogen-bond donors (Lipinski definition) is 0. The molecule has 6 aliphatic heterocycles. The van der Waals surface area contributed by atoms with E-state index in [2.05, 4.69) is 12.1 Å². The Kier molecular flexibility index (Phi) is 42.0. The van der Waals surface area contributed by atoms with Gasteiger partial charge in [0.25, 0.3) is 0 Å². The monoisotopic (exact) mass is 2100 g/mol. The third-order valence-electron chi connectivity index (χ3n) is 22.4. The van der Waals surface area contributed by atoms with Crippen LogP contribution in [0.3, 0.4) is 0 Å². The van der Waals surface area contributed by atoms with Crippen molar-refractivity contribution in [2.75, 3.05) is 0 Å². The van der Waals surface area contributed by atoms with Gasteiger partial charge >= 0.3 is 51.2 Å². The van der Waals surface area contributed by atoms with E-state index in [1.165, 1.54) is 0 Å². The standard InChI is InChI=1S/C33H19N8.2C32H16N8.12C2H6.3Cu/c1-41-32-24-16-8-6-14-22(24)30(39-32)37-28-20-12-4-2-10-18(20)26(35-28)34-27-19-11-3-5-13-21(19)29(36-27)38-31-23-15-7-9-17-25(23)33(41)40-31;2*1-2-10-18-17(9-1)25-33-26(18)38-28-21-13-5-6-14-22(21)30(35-28)40-32-24-16-8-7-15-23(24)31(36-32)39-29-20-12-4-3-11-19(20)27(34-29)37-25;12*1-2;;;/h2-17H,1H3;2*1-16H;12*1-2H3;;;/q-1;2*-2;;;;;;;;;;;;;3*+2. The van der Waals surface area contributed by atoms with E-state index in [1.807, 2.05) is 457 Å². The maximum atomic E-state index is 5.04. The van der Waals surface area contributed by atoms with Crippen molar-refractivity contribution in [2.45, 2.75) is 166 Å². The molecule has 6 aliphatic rings. The molecule has 0 aliphatic carbocycles. The van der Waals surface area contributed by atoms with Crippen molar-refractivity contribution in [3.05, 3.63) is 291 Å². The zero-order chi connectivity index (χ0) is 103. The first-order valence-electron chi connectivity index (χ1n) is 51.1. The van der Waals surface area contributed by atoms with Gasteiger partial charge in [-0.15, -0.1) is 0 Å². The van der Waals surface area contributed by atoms with Crippen LogP contribution >= 0.6 is 0 Å². The van der Waals surface area contributed by atoms with E-state index < -0.39 is 0 Å². The minimum Gasteiger partial charge on any atom is -0.357 e. The first-order chi connectivity index (χ1) is 71.8. The van der Waals surface area contributed by atoms with Crippen LogP contribution in [-0.4, -0.2) is 84.7 Å². The number of aromatic nitrogens is 24. The minimum absolute atomic E-state index is 0. The van der Waals surface area contributed by atoms with Crippen molar-refractivity contribution in [3.8, 4) is 137 Å². The van der Waals surface area contributed by atoms with E-state index in [4.69, 9.17) is 115 Å². The van der Waals surface area contributed by atoms with Crippen LogP contribution in [0.15, 0.2) is 291 Å². The van der Waals surface area contributed by atoms with Gasteiger partial charge in [-0.05, 0) is 53.9 Å². The fourth-order valence-electron chi connectivity index (χ4n) is 16.7. The molecule has 759 valence electrons. The molecule has 24 bridgehead atoms. The summed E-state index contributed by atoms with van der Waals surface area (Å²) in [5.41, 5.74) is 17.8. The average Bonchev–Trinajstić information content (AvgIpc) is 1.61. The molecule has 0 fully saturated rings. The Balaban J connectivity index is 0.000000204. The third kappa shape index (κ3) is 22.3. The van der Waals surface area contributed by atoms with Gasteiger partial charge in [-0.3, -0.25) is 0 Å². The van der Waals surface area contributed by atoms with Gasteiger partial charge in [0.1, 0.15) is 11.5 Å². The van der Waals surface area contributed by atoms with Gasteiger partial charge in [0, 0.05) is 141 Å². The maximum Gasteiger partial charge on any atom is 2.00 e. The van der Waals surface area contributed by atoms with Gasteiger partial charge in [0.15, 0.2) is 11.5 Å². The predicted octanol–water partition coefficient (Wildman–Crippen LogP) is 30.1. The van der Waals surface area contributed by atoms with Crippen LogP contribution in [0.25, 0.3) is 269 Å². The first-order valence-corrected chi connectivity index (χ1v) is 51.1. The second-order valence-electron chi connectivity index (χ2n) is 29.4. The number of fused-ring (bicyclic) bond motifs is 60. The van der Waals surface area contributed by atoms with Crippen LogP contribution in [0.2, 0.25) is 0 Å². The summed E-state index contributed by atoms with van der Waals surface area (Å²) in [5.74, 6) is 6.92. The van der Waals surface area contributed by atoms with Crippen molar-refractivity contribution in [1.29, 1.82) is 0 Å². The molecule has 27 heteroatoms. The number of aryl methyl sites for hydroxylation is 1. The van der Waals surface area contributed by atoms with Gasteiger partial charge in [0.05, 0.1) is 58.2 Å². The summed E-state index contributed by atoms with van der Waals surface area (Å²) in [6.07, 6.45) is 0. The molecule has 0 unspecified atom stereocenters. The Morgan fingerprint density at radius 2 is 0.250 bits per heavy atom. The first kappa shape index (κ1) is 114. The quantitative estimate of drug-likeness (QED) is 0.101. The van der Waals surface area contributed by atoms with Crippen LogP contribution in [0.4, 0.5) is 0 Å². The summed E-state index contributed by atoms with van der Waals surface area (Å²) in [6, 6.07) is 95.9. The van der Waals surface area contributed by atoms with E-state index in [0.29, 0.717) is 126 Å². The van der Waals surface area contributed by atoms with Crippen molar-refractivity contribution in [2.24, 2.45) is 7.05 Å². The van der Waals surface area contributed by atoms with Crippen molar-refractivity contribution in [3.63, 3.8) is 0 Å². The van der Waals surface area contributed by atoms with Crippen LogP contribution < -0.4 is 34.5 Å². The van der Waals surface area contributed by atoms with E-state index in [9.17, 15) is 0 Å². The fourth-order valence-corrected chi connectivity index (χ4v) is 16.7. The third-order valence-corrected chi connectivity index (χ3v) is 22.4. The molecule has 15 heterocycles. The van der Waals surface area contributed by atoms with Crippen molar-refractivity contribution < 1.29 is 55.8 Å². The summed E-state index contributed by atoms with van der Waals surface area (Å²) in [7, 11) is 1.99. The summed E-state index contributed by atoms with van der Waals surface area (Å²) < 4.78 is 2.02. The van der Waals surface area contributed by atoms with E-state index in [-0.39, 0.29) is 51.2 Å². The van der Waals surface area contributed by atoms with Gasteiger partial charge in [-0.25, -0.2) is 39.9 Å². The van der Waals surface area contributed by atoms with Crippen LogP contribution in [0.5, 0.6) is 0 Å². The smallest absolute Gasteiger partial charge is 0.357 e. The van der Waals surface area contributed by atoms with Crippen molar-refractivity contribution >= 4 is 132 Å². The molecule has 0 amide bonds. The SMILES string of the molecule is CC.CC.CC.CC.CC.CC.CC.CC.CC.CC.CC.CC.C[n+]1c2nc(nc3[n-]c(nc4nc(nc5[n-]c1c1ccccc51)-c1ccccc1-4)c1ccccc31)-c1ccccc1-2.[Cu+2].[Cu+2].[Cu+2].c1ccc2c(c1)-c1nc-2nc2[n-]c(nc3nc(nc4[n-]c(n1)c1ccccc41)-c1ccccc1-3)c1ccccc21.c1ccc2c(c1)-c1nc-2nc2[n-]c(nc3nc(nc4[n-]c(n1)c1ccccc41)-c1ccccc1-3)c1ccccc21. The summed E-state index contributed by atoms with van der Waals surface area (Å²) in [4.78, 5) is 113. The summed E-state index contributed by atoms with van der Waals surface area (Å²) in [6.45, 7) is 48.0. The van der Waals surface area contributed by atoms with E-state index >= 15 is 0 Å². The fraction of sp³-hybridized carbons (Fsp3) is 0.207. The maximum absolute atomic E-state index is 5.04. The Morgan fingerprint density at radius 3 is 0.412 bits per heavy atom. The molecule has 0 N–H and O–H groups in total. The Bertz CT molecular complexity index is 7740. The predicted molar refractivity (Wildman–Crippen MR) is 602 cm³/mol. The second kappa shape index (κ2) is 54.5. The molecule has 21 aromatic rings. The molecule has 3 radical (unpaired) electrons. The molecular weight excluding hydrogens is 1980 g/mol. The Morgan fingerprint density at radius 1 is 0.135 bits per heavy atom. The molecule has 0 saturated carbocycles. The second-order valence-corrected chi connectivity index (χ2v) is 29.4. The normalized spacial score (nSPS) is 10.3. The Labute approximate surface area is 897 Å². The molecule has 24 nitrogen and oxygen atoms in total. The zero-order valence-corrected chi connectivity index (χ0v) is 91.2. The number of benzene rings is 12. The van der Waals surface area contributed by atoms with Gasteiger partial charge < -0.3 is 79.3 Å². The van der Waals surface area contributed by atoms with Crippen LogP contribution in [-0.2, 0) is 58.3 Å². The average molecular weight is 2100 g/mol. The van der Waals surface area contributed by atoms with Crippen molar-refractivity contribution in [1.82, 2.24) is 115 Å². The molecule has 27 rings (SSSR count). The summed E-state index contributed by atoms with van der Waals surface area (Å²) in [5, 5.41) is 10.9. The molecule has 148 heavy (non-hydrogen) atoms. The molecular formula is C121H123Cu3N24+. The molecule has 0 saturated heterocycles. The van der Waals surface area contributed by atoms with Gasteiger partial charge in [-0.2, -0.15) is 0 Å². The zero-order valence-electron chi connectivity index (χ0n) is 88.4. The largest absolute Gasteiger partial charge is 2.00 e. The minimum atomic E-state index is 0. The molecule has 0 spiro atoms. The summed E-state index contributed by atoms with van der Waals surface area (Å²) >= 11 is 0. The molecule has 12 aromatic carbocycles. The van der Waals surface area contributed by atoms with E-state index in [1.54, 1.807) is 0 Å². The van der Waals surface area contributed by atoms with E-state index in [0.717, 1.165) is 143 Å². The van der Waals surface area contributed by atoms with Crippen LogP contribution in [0, 0.1) is 0 Å². The van der Waals surface area contributed by atoms with Gasteiger partial charge in [0.2, 0.25) is 0 Å². The molecule has 0 atom stereocenters. The Hall–Kier alpha value is -15.7. The number of rotatable bonds is 0. The number of hydrogen-bond acceptors (Lipinski definition) is 17. The molecule has 9 aromatic heterocycles. The topological polar surface area (TPSA) is 308 Å². The number of nitrogens with zero attached hydrogens (tertiary/aromatic N) is 24. The van der Waals surface area contributed by atoms with Gasteiger partial charge in [-0.1, -0.05) is 457 Å². The van der Waals surface area contributed by atoms with Crippen LogP contribution in [0.1, 0.15) is 166 Å².